The van der Waals surface area contributed by atoms with Crippen LogP contribution in [-0.2, 0) is 22.8 Å². The van der Waals surface area contributed by atoms with Crippen LogP contribution in [0.25, 0.3) is 6.08 Å². The highest BCUT2D eigenvalue weighted by Crippen LogP contribution is 2.36. The number of imide groups is 2. The van der Waals surface area contributed by atoms with E-state index < -0.39 is 17.8 Å². The third-order valence-corrected chi connectivity index (χ3v) is 7.83. The molecule has 0 bridgehead atoms. The summed E-state index contributed by atoms with van der Waals surface area (Å²) in [5.74, 6) is -0.149. The van der Waals surface area contributed by atoms with Crippen LogP contribution in [0.2, 0.25) is 10.0 Å². The predicted molar refractivity (Wildman–Crippen MR) is 173 cm³/mol. The van der Waals surface area contributed by atoms with Crippen molar-refractivity contribution in [2.24, 2.45) is 0 Å². The molecule has 11 heteroatoms. The highest BCUT2D eigenvalue weighted by Gasteiger charge is 2.37. The number of carbonyl (C=O) groups is 3. The van der Waals surface area contributed by atoms with Crippen molar-refractivity contribution in [1.29, 1.82) is 0 Å². The van der Waals surface area contributed by atoms with E-state index in [1.54, 1.807) is 54.6 Å². The molecule has 8 nitrogen and oxygen atoms in total. The molecule has 0 radical (unpaired) electrons. The maximum atomic E-state index is 13.4. The van der Waals surface area contributed by atoms with Crippen LogP contribution in [0.1, 0.15) is 16.7 Å². The molecule has 43 heavy (non-hydrogen) atoms. The van der Waals surface area contributed by atoms with E-state index in [9.17, 15) is 14.4 Å². The molecule has 0 atom stereocenters. The lowest BCUT2D eigenvalue weighted by molar-refractivity contribution is -0.122. The fourth-order valence-corrected chi connectivity index (χ4v) is 5.32. The van der Waals surface area contributed by atoms with Crippen molar-refractivity contribution in [3.63, 3.8) is 0 Å². The Morgan fingerprint density at radius 1 is 0.884 bits per heavy atom. The first-order valence-corrected chi connectivity index (χ1v) is 14.7. The molecule has 4 aromatic carbocycles. The number of methoxy groups -OCH3 is 1. The Labute approximate surface area is 271 Å². The fourth-order valence-electron chi connectivity index (χ4n) is 4.23. The van der Waals surface area contributed by atoms with E-state index in [1.807, 2.05) is 30.3 Å². The SMILES string of the molecule is COc1cc(/C=C2\C(=O)NC(=O)N(c3ccc(OCc4ccc(Cl)cc4)cc3)C2=O)cc(I)c1OCc1ccccc1Cl. The summed E-state index contributed by atoms with van der Waals surface area (Å²) in [4.78, 5) is 39.8. The van der Waals surface area contributed by atoms with E-state index >= 15 is 0 Å². The Morgan fingerprint density at radius 2 is 1.60 bits per heavy atom. The molecule has 1 aliphatic rings. The summed E-state index contributed by atoms with van der Waals surface area (Å²) >= 11 is 14.3. The lowest BCUT2D eigenvalue weighted by Gasteiger charge is -2.26. The molecular formula is C32H23Cl2IN2O6. The Balaban J connectivity index is 1.34. The van der Waals surface area contributed by atoms with E-state index in [0.717, 1.165) is 16.0 Å². The van der Waals surface area contributed by atoms with E-state index in [1.165, 1.54) is 13.2 Å². The number of benzene rings is 4. The fraction of sp³-hybridized carbons (Fsp3) is 0.0938. The Kier molecular flexibility index (Phi) is 9.54. The molecule has 5 rings (SSSR count). The molecule has 4 amide bonds. The van der Waals surface area contributed by atoms with Crippen molar-refractivity contribution in [2.75, 3.05) is 12.0 Å². The van der Waals surface area contributed by atoms with Crippen LogP contribution < -0.4 is 24.4 Å². The third-order valence-electron chi connectivity index (χ3n) is 6.41. The van der Waals surface area contributed by atoms with Gasteiger partial charge in [0, 0.05) is 15.6 Å². The second-order valence-electron chi connectivity index (χ2n) is 9.28. The molecule has 1 aliphatic heterocycles. The summed E-state index contributed by atoms with van der Waals surface area (Å²) in [5, 5.41) is 3.45. The first-order chi connectivity index (χ1) is 20.7. The number of rotatable bonds is 9. The van der Waals surface area contributed by atoms with Crippen molar-refractivity contribution in [3.05, 3.63) is 121 Å². The Morgan fingerprint density at radius 3 is 2.30 bits per heavy atom. The van der Waals surface area contributed by atoms with Crippen molar-refractivity contribution < 1.29 is 28.6 Å². The normalized spacial score (nSPS) is 14.1. The number of amides is 4. The van der Waals surface area contributed by atoms with Crippen LogP contribution in [0.3, 0.4) is 0 Å². The van der Waals surface area contributed by atoms with Gasteiger partial charge in [-0.05, 0) is 94.4 Å². The highest BCUT2D eigenvalue weighted by molar-refractivity contribution is 14.1. The van der Waals surface area contributed by atoms with Gasteiger partial charge < -0.3 is 14.2 Å². The second-order valence-corrected chi connectivity index (χ2v) is 11.3. The summed E-state index contributed by atoms with van der Waals surface area (Å²) in [5.41, 5.74) is 2.30. The standard InChI is InChI=1S/C32H23Cl2IN2O6/c1-41-28-16-20(15-27(35)29(28)43-18-21-4-2-3-5-26(21)34)14-25-30(38)36-32(40)37(31(25)39)23-10-12-24(13-11-23)42-17-19-6-8-22(33)9-7-19/h2-16H,17-18H2,1H3,(H,36,38,40)/b25-14+. The van der Waals surface area contributed by atoms with E-state index in [2.05, 4.69) is 27.9 Å². The molecule has 1 fully saturated rings. The van der Waals surface area contributed by atoms with E-state index in [0.29, 0.717) is 43.0 Å². The van der Waals surface area contributed by atoms with Gasteiger partial charge in [-0.25, -0.2) is 9.69 Å². The van der Waals surface area contributed by atoms with Gasteiger partial charge in [-0.3, -0.25) is 14.9 Å². The summed E-state index contributed by atoms with van der Waals surface area (Å²) < 4.78 is 18.0. The van der Waals surface area contributed by atoms with E-state index in [4.69, 9.17) is 37.4 Å². The van der Waals surface area contributed by atoms with Gasteiger partial charge in [0.25, 0.3) is 11.8 Å². The first kappa shape index (κ1) is 30.4. The average molecular weight is 729 g/mol. The molecule has 0 unspecified atom stereocenters. The maximum absolute atomic E-state index is 13.4. The summed E-state index contributed by atoms with van der Waals surface area (Å²) in [7, 11) is 1.49. The Hall–Kier alpha value is -4.06. The van der Waals surface area contributed by atoms with Crippen LogP contribution in [-0.4, -0.2) is 25.0 Å². The zero-order chi connectivity index (χ0) is 30.5. The Bertz CT molecular complexity index is 1730. The monoisotopic (exact) mass is 728 g/mol. The van der Waals surface area contributed by atoms with Gasteiger partial charge in [-0.2, -0.15) is 0 Å². The number of ether oxygens (including phenoxy) is 3. The minimum atomic E-state index is -0.850. The van der Waals surface area contributed by atoms with Gasteiger partial charge in [0.2, 0.25) is 0 Å². The molecule has 1 N–H and O–H groups in total. The highest BCUT2D eigenvalue weighted by atomic mass is 127. The minimum Gasteiger partial charge on any atom is -0.493 e. The van der Waals surface area contributed by atoms with Gasteiger partial charge >= 0.3 is 6.03 Å². The number of barbiturate groups is 1. The lowest BCUT2D eigenvalue weighted by Crippen LogP contribution is -2.54. The first-order valence-electron chi connectivity index (χ1n) is 12.9. The van der Waals surface area contributed by atoms with Crippen molar-refractivity contribution in [1.82, 2.24) is 5.32 Å². The summed E-state index contributed by atoms with van der Waals surface area (Å²) in [6.07, 6.45) is 1.41. The van der Waals surface area contributed by atoms with Crippen LogP contribution in [0.15, 0.2) is 90.5 Å². The molecule has 0 saturated carbocycles. The summed E-state index contributed by atoms with van der Waals surface area (Å²) in [6, 6.07) is 23.6. The van der Waals surface area contributed by atoms with Gasteiger partial charge in [0.05, 0.1) is 16.4 Å². The number of halogens is 3. The van der Waals surface area contributed by atoms with Crippen molar-refractivity contribution >= 4 is 75.4 Å². The van der Waals surface area contributed by atoms with Crippen LogP contribution in [0, 0.1) is 3.57 Å². The van der Waals surface area contributed by atoms with Gasteiger partial charge in [-0.15, -0.1) is 0 Å². The van der Waals surface area contributed by atoms with Crippen LogP contribution >= 0.6 is 45.8 Å². The smallest absolute Gasteiger partial charge is 0.335 e. The van der Waals surface area contributed by atoms with Crippen LogP contribution in [0.5, 0.6) is 17.2 Å². The van der Waals surface area contributed by atoms with Gasteiger partial charge in [-0.1, -0.05) is 53.5 Å². The molecule has 218 valence electrons. The number of hydrogen-bond donors (Lipinski definition) is 1. The number of hydrogen-bond acceptors (Lipinski definition) is 6. The summed E-state index contributed by atoms with van der Waals surface area (Å²) in [6.45, 7) is 0.530. The number of nitrogens with one attached hydrogen (secondary N) is 1. The number of carbonyl (C=O) groups excluding carboxylic acids is 3. The molecular weight excluding hydrogens is 706 g/mol. The molecule has 4 aromatic rings. The largest absolute Gasteiger partial charge is 0.493 e. The topological polar surface area (TPSA) is 94.2 Å². The zero-order valence-corrected chi connectivity index (χ0v) is 26.3. The minimum absolute atomic E-state index is 0.217. The lowest BCUT2D eigenvalue weighted by atomic mass is 10.1. The van der Waals surface area contributed by atoms with Gasteiger partial charge in [0.1, 0.15) is 24.5 Å². The molecule has 1 saturated heterocycles. The molecule has 0 aliphatic carbocycles. The zero-order valence-electron chi connectivity index (χ0n) is 22.6. The number of anilines is 1. The third kappa shape index (κ3) is 7.12. The number of urea groups is 1. The maximum Gasteiger partial charge on any atom is 0.335 e. The van der Waals surface area contributed by atoms with E-state index in [-0.39, 0.29) is 17.9 Å². The average Bonchev–Trinajstić information content (AvgIpc) is 2.99. The van der Waals surface area contributed by atoms with Gasteiger partial charge in [0.15, 0.2) is 11.5 Å². The molecule has 1 heterocycles. The predicted octanol–water partition coefficient (Wildman–Crippen LogP) is 7.43. The van der Waals surface area contributed by atoms with Crippen molar-refractivity contribution in [3.8, 4) is 17.2 Å². The quantitative estimate of drug-likeness (QED) is 0.110. The van der Waals surface area contributed by atoms with Crippen molar-refractivity contribution in [2.45, 2.75) is 13.2 Å². The molecule has 0 aromatic heterocycles. The number of nitrogens with zero attached hydrogens (tertiary/aromatic N) is 1. The van der Waals surface area contributed by atoms with Crippen LogP contribution in [0.4, 0.5) is 10.5 Å². The molecule has 0 spiro atoms. The second kappa shape index (κ2) is 13.5.